The highest BCUT2D eigenvalue weighted by atomic mass is 15.1. The fraction of sp³-hybridized carbons (Fsp3) is 0.133. The zero-order valence-electron chi connectivity index (χ0n) is 11.2. The Bertz CT molecular complexity index is 749. The van der Waals surface area contributed by atoms with Gasteiger partial charge in [-0.15, -0.1) is 0 Å². The van der Waals surface area contributed by atoms with Crippen LogP contribution < -0.4 is 11.1 Å². The zero-order valence-corrected chi connectivity index (χ0v) is 11.2. The molecule has 0 amide bonds. The van der Waals surface area contributed by atoms with Gasteiger partial charge in [-0.2, -0.15) is 0 Å². The van der Waals surface area contributed by atoms with E-state index in [0.29, 0.717) is 11.6 Å². The van der Waals surface area contributed by atoms with Crippen LogP contribution in [0.25, 0.3) is 10.9 Å². The lowest BCUT2D eigenvalue weighted by Gasteiger charge is -2.10. The van der Waals surface area contributed by atoms with Crippen LogP contribution >= 0.6 is 0 Å². The Kier molecular flexibility index (Phi) is 3.16. The molecule has 2 heterocycles. The van der Waals surface area contributed by atoms with E-state index >= 15 is 0 Å². The minimum absolute atomic E-state index is 0.470. The van der Waals surface area contributed by atoms with E-state index < -0.39 is 0 Å². The number of fused-ring (bicyclic) bond motifs is 1. The molecule has 0 saturated heterocycles. The Hall–Kier alpha value is -2.69. The van der Waals surface area contributed by atoms with Gasteiger partial charge in [0.15, 0.2) is 0 Å². The third-order valence-corrected chi connectivity index (χ3v) is 3.02. The number of pyridine rings is 1. The van der Waals surface area contributed by atoms with Gasteiger partial charge in [0.2, 0.25) is 0 Å². The summed E-state index contributed by atoms with van der Waals surface area (Å²) in [6.07, 6.45) is 2.53. The SMILES string of the molecule is CCc1nc(N)cc(Nc2cccc3ncccc23)n1. The Morgan fingerprint density at radius 2 is 2.05 bits per heavy atom. The molecule has 0 atom stereocenters. The first kappa shape index (κ1) is 12.3. The predicted molar refractivity (Wildman–Crippen MR) is 80.8 cm³/mol. The predicted octanol–water partition coefficient (Wildman–Crippen LogP) is 2.91. The van der Waals surface area contributed by atoms with Gasteiger partial charge >= 0.3 is 0 Å². The third kappa shape index (κ3) is 2.38. The number of nitrogen functional groups attached to an aromatic ring is 1. The number of benzene rings is 1. The Morgan fingerprint density at radius 1 is 1.15 bits per heavy atom. The van der Waals surface area contributed by atoms with Crippen LogP contribution in [0.15, 0.2) is 42.6 Å². The first-order valence-electron chi connectivity index (χ1n) is 6.50. The zero-order chi connectivity index (χ0) is 13.9. The van der Waals surface area contributed by atoms with Crippen molar-refractivity contribution in [2.45, 2.75) is 13.3 Å². The summed E-state index contributed by atoms with van der Waals surface area (Å²) >= 11 is 0. The lowest BCUT2D eigenvalue weighted by Crippen LogP contribution is -2.03. The largest absolute Gasteiger partial charge is 0.384 e. The highest BCUT2D eigenvalue weighted by Crippen LogP contribution is 2.24. The summed E-state index contributed by atoms with van der Waals surface area (Å²) in [5.74, 6) is 1.90. The van der Waals surface area contributed by atoms with Crippen molar-refractivity contribution in [1.82, 2.24) is 15.0 Å². The van der Waals surface area contributed by atoms with Gasteiger partial charge in [0.25, 0.3) is 0 Å². The van der Waals surface area contributed by atoms with E-state index in [4.69, 9.17) is 5.73 Å². The monoisotopic (exact) mass is 265 g/mol. The van der Waals surface area contributed by atoms with Crippen molar-refractivity contribution < 1.29 is 0 Å². The van der Waals surface area contributed by atoms with Crippen LogP contribution in [-0.2, 0) is 6.42 Å². The summed E-state index contributed by atoms with van der Waals surface area (Å²) in [6, 6.07) is 11.6. The minimum Gasteiger partial charge on any atom is -0.384 e. The molecule has 3 N–H and O–H groups in total. The lowest BCUT2D eigenvalue weighted by atomic mass is 10.2. The fourth-order valence-corrected chi connectivity index (χ4v) is 2.09. The Balaban J connectivity index is 2.03. The normalized spacial score (nSPS) is 10.7. The quantitative estimate of drug-likeness (QED) is 0.761. The molecule has 3 rings (SSSR count). The first-order chi connectivity index (χ1) is 9.76. The van der Waals surface area contributed by atoms with Gasteiger partial charge in [-0.05, 0) is 24.3 Å². The number of rotatable bonds is 3. The van der Waals surface area contributed by atoms with Gasteiger partial charge in [0.05, 0.1) is 5.52 Å². The van der Waals surface area contributed by atoms with Crippen LogP contribution in [0.5, 0.6) is 0 Å². The van der Waals surface area contributed by atoms with Crippen molar-refractivity contribution >= 4 is 28.2 Å². The smallest absolute Gasteiger partial charge is 0.136 e. The molecule has 5 heteroatoms. The Morgan fingerprint density at radius 3 is 2.90 bits per heavy atom. The number of aryl methyl sites for hydroxylation is 1. The number of nitrogens with one attached hydrogen (secondary N) is 1. The van der Waals surface area contributed by atoms with E-state index in [1.165, 1.54) is 0 Å². The molecule has 0 radical (unpaired) electrons. The topological polar surface area (TPSA) is 76.7 Å². The van der Waals surface area contributed by atoms with Crippen LogP contribution in [0.1, 0.15) is 12.7 Å². The van der Waals surface area contributed by atoms with Crippen molar-refractivity contribution in [3.63, 3.8) is 0 Å². The van der Waals surface area contributed by atoms with Crippen molar-refractivity contribution in [2.75, 3.05) is 11.1 Å². The maximum atomic E-state index is 5.80. The van der Waals surface area contributed by atoms with Crippen molar-refractivity contribution in [1.29, 1.82) is 0 Å². The van der Waals surface area contributed by atoms with Crippen molar-refractivity contribution in [3.8, 4) is 0 Å². The minimum atomic E-state index is 0.470. The molecule has 0 aliphatic carbocycles. The molecule has 0 aliphatic rings. The lowest BCUT2D eigenvalue weighted by molar-refractivity contribution is 0.949. The van der Waals surface area contributed by atoms with Crippen LogP contribution in [-0.4, -0.2) is 15.0 Å². The van der Waals surface area contributed by atoms with E-state index in [1.807, 2.05) is 37.3 Å². The van der Waals surface area contributed by atoms with E-state index in [1.54, 1.807) is 12.3 Å². The van der Waals surface area contributed by atoms with Gasteiger partial charge in [-0.25, -0.2) is 9.97 Å². The second kappa shape index (κ2) is 5.13. The number of nitrogens with zero attached hydrogens (tertiary/aromatic N) is 3. The van der Waals surface area contributed by atoms with Crippen LogP contribution in [0.4, 0.5) is 17.3 Å². The van der Waals surface area contributed by atoms with Crippen molar-refractivity contribution in [3.05, 3.63) is 48.4 Å². The van der Waals surface area contributed by atoms with E-state index in [2.05, 4.69) is 20.3 Å². The molecule has 0 aliphatic heterocycles. The Labute approximate surface area is 116 Å². The standard InChI is InChI=1S/C15H15N5/c1-2-14-19-13(16)9-15(20-14)18-12-7-3-6-11-10(12)5-4-8-17-11/h3-9H,2H2,1H3,(H3,16,18,19,20). The molecule has 0 bridgehead atoms. The summed E-state index contributed by atoms with van der Waals surface area (Å²) < 4.78 is 0. The van der Waals surface area contributed by atoms with Gasteiger partial charge in [0, 0.05) is 29.8 Å². The van der Waals surface area contributed by atoms with E-state index in [-0.39, 0.29) is 0 Å². The van der Waals surface area contributed by atoms with Crippen molar-refractivity contribution in [2.24, 2.45) is 0 Å². The molecule has 20 heavy (non-hydrogen) atoms. The van der Waals surface area contributed by atoms with Crippen LogP contribution in [0, 0.1) is 0 Å². The summed E-state index contributed by atoms with van der Waals surface area (Å²) in [6.45, 7) is 2.00. The second-order valence-electron chi connectivity index (χ2n) is 4.45. The van der Waals surface area contributed by atoms with E-state index in [9.17, 15) is 0 Å². The molecule has 0 unspecified atom stereocenters. The average molecular weight is 265 g/mol. The fourth-order valence-electron chi connectivity index (χ4n) is 2.09. The first-order valence-corrected chi connectivity index (χ1v) is 6.50. The van der Waals surface area contributed by atoms with Gasteiger partial charge in [-0.3, -0.25) is 4.98 Å². The summed E-state index contributed by atoms with van der Waals surface area (Å²) in [7, 11) is 0. The number of aromatic nitrogens is 3. The van der Waals surface area contributed by atoms with Crippen LogP contribution in [0.3, 0.4) is 0 Å². The average Bonchev–Trinajstić information content (AvgIpc) is 2.47. The third-order valence-electron chi connectivity index (χ3n) is 3.02. The number of nitrogens with two attached hydrogens (primary N) is 1. The number of hydrogen-bond acceptors (Lipinski definition) is 5. The summed E-state index contributed by atoms with van der Waals surface area (Å²) in [4.78, 5) is 12.9. The van der Waals surface area contributed by atoms with Crippen LogP contribution in [0.2, 0.25) is 0 Å². The van der Waals surface area contributed by atoms with Gasteiger partial charge in [-0.1, -0.05) is 13.0 Å². The molecule has 1 aromatic carbocycles. The summed E-state index contributed by atoms with van der Waals surface area (Å²) in [5, 5.41) is 4.34. The molecular weight excluding hydrogens is 250 g/mol. The molecule has 100 valence electrons. The molecule has 2 aromatic heterocycles. The number of hydrogen-bond donors (Lipinski definition) is 2. The van der Waals surface area contributed by atoms with Gasteiger partial charge in [0.1, 0.15) is 17.5 Å². The summed E-state index contributed by atoms with van der Waals surface area (Å²) in [5.41, 5.74) is 7.69. The number of anilines is 3. The molecule has 5 nitrogen and oxygen atoms in total. The van der Waals surface area contributed by atoms with E-state index in [0.717, 1.165) is 28.8 Å². The molecule has 3 aromatic rings. The maximum absolute atomic E-state index is 5.80. The molecule has 0 saturated carbocycles. The highest BCUT2D eigenvalue weighted by molar-refractivity contribution is 5.92. The molecule has 0 spiro atoms. The maximum Gasteiger partial charge on any atom is 0.136 e. The molecular formula is C15H15N5. The second-order valence-corrected chi connectivity index (χ2v) is 4.45. The van der Waals surface area contributed by atoms with Gasteiger partial charge < -0.3 is 11.1 Å². The molecule has 0 fully saturated rings. The highest BCUT2D eigenvalue weighted by Gasteiger charge is 2.05.